The molecule has 1 aromatic rings. The molecule has 0 bridgehead atoms. The number of hydrogen-bond donors (Lipinski definition) is 1. The Morgan fingerprint density at radius 1 is 1.47 bits per heavy atom. The summed E-state index contributed by atoms with van der Waals surface area (Å²) in [6, 6.07) is 0.288. The van der Waals surface area contributed by atoms with Gasteiger partial charge in [0.15, 0.2) is 10.8 Å². The minimum Gasteiger partial charge on any atom is -0.464 e. The molecule has 6 heteroatoms. The van der Waals surface area contributed by atoms with Crippen molar-refractivity contribution in [3.8, 4) is 0 Å². The van der Waals surface area contributed by atoms with E-state index in [-0.39, 0.29) is 12.0 Å². The Morgan fingerprint density at radius 3 is 2.63 bits per heavy atom. The summed E-state index contributed by atoms with van der Waals surface area (Å²) in [5, 5.41) is 4.11. The highest BCUT2D eigenvalue weighted by atomic mass is 32.1. The Balaban J connectivity index is 2.64. The van der Waals surface area contributed by atoms with E-state index in [2.05, 4.69) is 36.0 Å². The summed E-state index contributed by atoms with van der Waals surface area (Å²) in [6.07, 6.45) is 0. The summed E-state index contributed by atoms with van der Waals surface area (Å²) in [5.74, 6) is -0.377. The summed E-state index contributed by atoms with van der Waals surface area (Å²) < 4.78 is 4.70. The number of nitrogens with one attached hydrogen (secondary N) is 1. The molecule has 1 N–H and O–H groups in total. The number of anilines is 1. The van der Waals surface area contributed by atoms with Crippen molar-refractivity contribution in [2.75, 3.05) is 32.1 Å². The number of likely N-dealkylation sites (N-methyl/N-ethyl adjacent to an activating group) is 1. The number of rotatable bonds is 7. The van der Waals surface area contributed by atoms with Gasteiger partial charge in [0, 0.05) is 17.5 Å². The summed E-state index contributed by atoms with van der Waals surface area (Å²) in [5.41, 5.74) is 0.407. The van der Waals surface area contributed by atoms with Gasteiger partial charge >= 0.3 is 5.97 Å². The van der Waals surface area contributed by atoms with Crippen molar-refractivity contribution in [2.24, 2.45) is 0 Å². The van der Waals surface area contributed by atoms with Gasteiger partial charge in [0.1, 0.15) is 0 Å². The fraction of sp³-hybridized carbons (Fsp3) is 0.692. The second-order valence-corrected chi connectivity index (χ2v) is 5.65. The molecule has 0 amide bonds. The predicted octanol–water partition coefficient (Wildman–Crippen LogP) is 2.38. The van der Waals surface area contributed by atoms with Crippen molar-refractivity contribution >= 4 is 22.4 Å². The molecule has 0 spiro atoms. The number of carbonyl (C=O) groups excluding carboxylic acids is 1. The van der Waals surface area contributed by atoms with Gasteiger partial charge in [-0.1, -0.05) is 13.8 Å². The monoisotopic (exact) mass is 285 g/mol. The van der Waals surface area contributed by atoms with E-state index in [4.69, 9.17) is 4.74 Å². The van der Waals surface area contributed by atoms with Gasteiger partial charge < -0.3 is 15.0 Å². The van der Waals surface area contributed by atoms with Crippen LogP contribution in [0.4, 0.5) is 5.13 Å². The molecule has 1 heterocycles. The molecule has 0 aliphatic heterocycles. The first-order valence-corrected chi connectivity index (χ1v) is 7.38. The van der Waals surface area contributed by atoms with Crippen LogP contribution in [0, 0.1) is 6.92 Å². The smallest absolute Gasteiger partial charge is 0.357 e. The summed E-state index contributed by atoms with van der Waals surface area (Å²) >= 11 is 1.49. The largest absolute Gasteiger partial charge is 0.464 e. The van der Waals surface area contributed by atoms with Crippen LogP contribution in [-0.2, 0) is 4.74 Å². The number of ether oxygens (including phenoxy) is 1. The lowest BCUT2D eigenvalue weighted by molar-refractivity contribution is 0.0594. The molecule has 0 aliphatic carbocycles. The van der Waals surface area contributed by atoms with E-state index in [1.807, 2.05) is 6.92 Å². The molecular weight excluding hydrogens is 262 g/mol. The SMILES string of the molecule is CCN(CC)CC(C)Nc1nc(C(=O)OC)c(C)s1. The van der Waals surface area contributed by atoms with Gasteiger partial charge in [-0.15, -0.1) is 11.3 Å². The second-order valence-electron chi connectivity index (χ2n) is 4.45. The molecule has 0 aliphatic rings. The van der Waals surface area contributed by atoms with Gasteiger partial charge in [-0.3, -0.25) is 0 Å². The minimum atomic E-state index is -0.377. The molecule has 0 saturated heterocycles. The van der Waals surface area contributed by atoms with Crippen molar-refractivity contribution in [2.45, 2.75) is 33.7 Å². The zero-order valence-electron chi connectivity index (χ0n) is 12.3. The molecule has 1 unspecified atom stereocenters. The number of nitrogens with zero attached hydrogens (tertiary/aromatic N) is 2. The van der Waals surface area contributed by atoms with E-state index in [9.17, 15) is 4.79 Å². The van der Waals surface area contributed by atoms with Crippen LogP contribution in [-0.4, -0.2) is 48.6 Å². The molecule has 1 atom stereocenters. The number of aromatic nitrogens is 1. The van der Waals surface area contributed by atoms with Crippen molar-refractivity contribution in [1.29, 1.82) is 0 Å². The van der Waals surface area contributed by atoms with Crippen LogP contribution in [0.15, 0.2) is 0 Å². The van der Waals surface area contributed by atoms with Crippen LogP contribution < -0.4 is 5.32 Å². The van der Waals surface area contributed by atoms with Crippen molar-refractivity contribution in [1.82, 2.24) is 9.88 Å². The molecule has 5 nitrogen and oxygen atoms in total. The van der Waals surface area contributed by atoms with E-state index in [0.717, 1.165) is 29.6 Å². The molecule has 1 rings (SSSR count). The molecule has 0 aromatic carbocycles. The number of aryl methyl sites for hydroxylation is 1. The second kappa shape index (κ2) is 7.45. The van der Waals surface area contributed by atoms with Crippen LogP contribution >= 0.6 is 11.3 Å². The van der Waals surface area contributed by atoms with Gasteiger partial charge in [-0.2, -0.15) is 0 Å². The molecule has 0 saturated carbocycles. The lowest BCUT2D eigenvalue weighted by Crippen LogP contribution is -2.34. The first-order chi connectivity index (χ1) is 9.01. The van der Waals surface area contributed by atoms with Gasteiger partial charge in [0.2, 0.25) is 0 Å². The minimum absolute atomic E-state index is 0.288. The number of hydrogen-bond acceptors (Lipinski definition) is 6. The first kappa shape index (κ1) is 15.9. The van der Waals surface area contributed by atoms with Gasteiger partial charge in [-0.05, 0) is 26.9 Å². The maximum absolute atomic E-state index is 11.5. The van der Waals surface area contributed by atoms with Crippen LogP contribution in [0.25, 0.3) is 0 Å². The topological polar surface area (TPSA) is 54.5 Å². The van der Waals surface area contributed by atoms with Crippen LogP contribution in [0.3, 0.4) is 0 Å². The number of carbonyl (C=O) groups is 1. The highest BCUT2D eigenvalue weighted by Crippen LogP contribution is 2.23. The first-order valence-electron chi connectivity index (χ1n) is 6.56. The maximum Gasteiger partial charge on any atom is 0.357 e. The number of esters is 1. The zero-order chi connectivity index (χ0) is 14.4. The predicted molar refractivity (Wildman–Crippen MR) is 79.1 cm³/mol. The summed E-state index contributed by atoms with van der Waals surface area (Å²) in [6.45, 7) is 11.3. The van der Waals surface area contributed by atoms with E-state index < -0.39 is 0 Å². The highest BCUT2D eigenvalue weighted by molar-refractivity contribution is 7.15. The van der Waals surface area contributed by atoms with E-state index in [0.29, 0.717) is 5.69 Å². The van der Waals surface area contributed by atoms with E-state index in [1.54, 1.807) is 0 Å². The standard InChI is InChI=1S/C13H23N3O2S/c1-6-16(7-2)8-9(3)14-13-15-11(10(4)19-13)12(17)18-5/h9H,6-8H2,1-5H3,(H,14,15). The van der Waals surface area contributed by atoms with Crippen LogP contribution in [0.2, 0.25) is 0 Å². The lowest BCUT2D eigenvalue weighted by atomic mass is 10.3. The zero-order valence-corrected chi connectivity index (χ0v) is 13.1. The van der Waals surface area contributed by atoms with E-state index >= 15 is 0 Å². The third kappa shape index (κ3) is 4.47. The molecular formula is C13H23N3O2S. The maximum atomic E-state index is 11.5. The van der Waals surface area contributed by atoms with Crippen molar-refractivity contribution < 1.29 is 9.53 Å². The fourth-order valence-corrected chi connectivity index (χ4v) is 2.78. The third-order valence-electron chi connectivity index (χ3n) is 2.97. The average molecular weight is 285 g/mol. The van der Waals surface area contributed by atoms with Crippen LogP contribution in [0.5, 0.6) is 0 Å². The van der Waals surface area contributed by atoms with Crippen LogP contribution in [0.1, 0.15) is 36.1 Å². The fourth-order valence-electron chi connectivity index (χ4n) is 1.87. The van der Waals surface area contributed by atoms with Gasteiger partial charge in [0.25, 0.3) is 0 Å². The van der Waals surface area contributed by atoms with Gasteiger partial charge in [0.05, 0.1) is 7.11 Å². The molecule has 1 aromatic heterocycles. The van der Waals surface area contributed by atoms with Crippen molar-refractivity contribution in [3.05, 3.63) is 10.6 Å². The number of thiazole rings is 1. The quantitative estimate of drug-likeness (QED) is 0.780. The molecule has 19 heavy (non-hydrogen) atoms. The highest BCUT2D eigenvalue weighted by Gasteiger charge is 2.17. The Labute approximate surface area is 119 Å². The average Bonchev–Trinajstić information content (AvgIpc) is 2.75. The Hall–Kier alpha value is -1.14. The Morgan fingerprint density at radius 2 is 2.11 bits per heavy atom. The van der Waals surface area contributed by atoms with E-state index in [1.165, 1.54) is 18.4 Å². The lowest BCUT2D eigenvalue weighted by Gasteiger charge is -2.23. The molecule has 0 fully saturated rings. The normalized spacial score (nSPS) is 12.5. The molecule has 108 valence electrons. The summed E-state index contributed by atoms with van der Waals surface area (Å²) in [7, 11) is 1.37. The molecule has 0 radical (unpaired) electrons. The Kier molecular flexibility index (Phi) is 6.24. The van der Waals surface area contributed by atoms with Gasteiger partial charge in [-0.25, -0.2) is 9.78 Å². The number of methoxy groups -OCH3 is 1. The summed E-state index contributed by atoms with van der Waals surface area (Å²) in [4.78, 5) is 19.0. The Bertz CT molecular complexity index is 416. The third-order valence-corrected chi connectivity index (χ3v) is 3.87. The van der Waals surface area contributed by atoms with Crippen molar-refractivity contribution in [3.63, 3.8) is 0 Å².